The summed E-state index contributed by atoms with van der Waals surface area (Å²) in [5, 5.41) is 8.65. The number of halogens is 1. The predicted molar refractivity (Wildman–Crippen MR) is 36.0 cm³/mol. The molecule has 0 unspecified atom stereocenters. The molecule has 0 saturated heterocycles. The Bertz CT molecular complexity index is 136. The van der Waals surface area contributed by atoms with E-state index < -0.39 is 6.67 Å². The van der Waals surface area contributed by atoms with E-state index in [0.717, 1.165) is 0 Å². The van der Waals surface area contributed by atoms with Crippen LogP contribution in [-0.4, -0.2) is 11.8 Å². The van der Waals surface area contributed by atoms with Gasteiger partial charge in [-0.1, -0.05) is 18.7 Å². The van der Waals surface area contributed by atoms with Crippen molar-refractivity contribution in [3.8, 4) is 0 Å². The molecule has 9 heavy (non-hydrogen) atoms. The first-order valence-electron chi connectivity index (χ1n) is 2.55. The van der Waals surface area contributed by atoms with E-state index in [1.807, 2.05) is 0 Å². The maximum atomic E-state index is 11.3. The molecule has 0 aliphatic rings. The Balaban J connectivity index is 3.68. The minimum atomic E-state index is -0.513. The molecule has 1 nitrogen and oxygen atoms in total. The van der Waals surface area contributed by atoms with Gasteiger partial charge in [-0.25, -0.2) is 4.39 Å². The van der Waals surface area contributed by atoms with Crippen LogP contribution < -0.4 is 0 Å². The van der Waals surface area contributed by atoms with Gasteiger partial charge in [-0.3, -0.25) is 0 Å². The molecule has 0 radical (unpaired) electrons. The first-order chi connectivity index (χ1) is 4.31. The molecule has 0 aromatic heterocycles. The predicted octanol–water partition coefficient (Wildman–Crippen LogP) is 2.14. The highest BCUT2D eigenvalue weighted by Crippen LogP contribution is 1.88. The first kappa shape index (κ1) is 7.95. The molecule has 0 fully saturated rings. The topological polar surface area (TPSA) is 20.2 Å². The molecule has 0 aliphatic carbocycles. The summed E-state index contributed by atoms with van der Waals surface area (Å²) in [5.41, 5.74) is 0. The van der Waals surface area contributed by atoms with E-state index in [4.69, 9.17) is 5.11 Å². The van der Waals surface area contributed by atoms with Crippen LogP contribution in [0.25, 0.3) is 0 Å². The van der Waals surface area contributed by atoms with E-state index in [1.165, 1.54) is 24.3 Å². The van der Waals surface area contributed by atoms with Crippen LogP contribution >= 0.6 is 0 Å². The zero-order valence-corrected chi connectivity index (χ0v) is 5.05. The lowest BCUT2D eigenvalue weighted by atomic mass is 10.4. The van der Waals surface area contributed by atoms with Gasteiger partial charge in [0.15, 0.2) is 0 Å². The van der Waals surface area contributed by atoms with Gasteiger partial charge in [0.2, 0.25) is 0 Å². The van der Waals surface area contributed by atoms with Gasteiger partial charge < -0.3 is 5.11 Å². The van der Waals surface area contributed by atoms with Crippen molar-refractivity contribution in [2.24, 2.45) is 0 Å². The molecule has 0 aromatic rings. The molecule has 0 heterocycles. The number of hydrogen-bond acceptors (Lipinski definition) is 1. The lowest BCUT2D eigenvalue weighted by Crippen LogP contribution is -1.68. The van der Waals surface area contributed by atoms with Crippen LogP contribution in [0.3, 0.4) is 0 Å². The summed E-state index contributed by atoms with van der Waals surface area (Å²) in [7, 11) is 0. The third-order valence-corrected chi connectivity index (χ3v) is 0.701. The SMILES string of the molecule is C=C/C(O)=C\C=C/CF. The van der Waals surface area contributed by atoms with E-state index in [1.54, 1.807) is 0 Å². The lowest BCUT2D eigenvalue weighted by Gasteiger charge is -1.82. The van der Waals surface area contributed by atoms with Crippen molar-refractivity contribution >= 4 is 0 Å². The van der Waals surface area contributed by atoms with Crippen LogP contribution in [-0.2, 0) is 0 Å². The van der Waals surface area contributed by atoms with Crippen LogP contribution in [0.5, 0.6) is 0 Å². The quantitative estimate of drug-likeness (QED) is 0.456. The fourth-order valence-corrected chi connectivity index (χ4v) is 0.286. The smallest absolute Gasteiger partial charge is 0.114 e. The van der Waals surface area contributed by atoms with Gasteiger partial charge in [-0.15, -0.1) is 0 Å². The third kappa shape index (κ3) is 4.81. The highest BCUT2D eigenvalue weighted by molar-refractivity contribution is 5.14. The Hall–Kier alpha value is -1.05. The third-order valence-electron chi connectivity index (χ3n) is 0.701. The van der Waals surface area contributed by atoms with Crippen LogP contribution in [0.4, 0.5) is 4.39 Å². The molecule has 0 bridgehead atoms. The van der Waals surface area contributed by atoms with Gasteiger partial charge in [0.1, 0.15) is 12.4 Å². The molecule has 0 spiro atoms. The minimum absolute atomic E-state index is 0.0414. The summed E-state index contributed by atoms with van der Waals surface area (Å²) in [6, 6.07) is 0. The van der Waals surface area contributed by atoms with Crippen molar-refractivity contribution in [2.75, 3.05) is 6.67 Å². The zero-order chi connectivity index (χ0) is 7.11. The van der Waals surface area contributed by atoms with E-state index >= 15 is 0 Å². The summed E-state index contributed by atoms with van der Waals surface area (Å²) in [4.78, 5) is 0. The highest BCUT2D eigenvalue weighted by atomic mass is 19.1. The molecule has 0 atom stereocenters. The van der Waals surface area contributed by atoms with Gasteiger partial charge >= 0.3 is 0 Å². The zero-order valence-electron chi connectivity index (χ0n) is 5.05. The largest absolute Gasteiger partial charge is 0.508 e. The molecule has 50 valence electrons. The summed E-state index contributed by atoms with van der Waals surface area (Å²) in [5.74, 6) is 0.0414. The van der Waals surface area contributed by atoms with Crippen LogP contribution in [0.2, 0.25) is 0 Å². The van der Waals surface area contributed by atoms with Crippen LogP contribution in [0.1, 0.15) is 0 Å². The van der Waals surface area contributed by atoms with Crippen molar-refractivity contribution in [2.45, 2.75) is 0 Å². The molecule has 2 heteroatoms. The normalized spacial score (nSPS) is 12.3. The molecular weight excluding hydrogens is 119 g/mol. The maximum Gasteiger partial charge on any atom is 0.114 e. The van der Waals surface area contributed by atoms with E-state index in [-0.39, 0.29) is 5.76 Å². The molecule has 0 saturated carbocycles. The standard InChI is InChI=1S/C7H9FO/c1-2-7(9)5-3-4-6-8/h2-5,9H,1,6H2/b4-3-,7-5+. The van der Waals surface area contributed by atoms with Crippen molar-refractivity contribution in [3.63, 3.8) is 0 Å². The molecule has 0 amide bonds. The first-order valence-corrected chi connectivity index (χ1v) is 2.55. The maximum absolute atomic E-state index is 11.3. The average molecular weight is 128 g/mol. The van der Waals surface area contributed by atoms with Crippen molar-refractivity contribution in [1.82, 2.24) is 0 Å². The lowest BCUT2D eigenvalue weighted by molar-refractivity contribution is 0.433. The van der Waals surface area contributed by atoms with Gasteiger partial charge in [0, 0.05) is 0 Å². The molecule has 0 aliphatic heterocycles. The molecule has 1 N–H and O–H groups in total. The number of aliphatic hydroxyl groups excluding tert-OH is 1. The van der Waals surface area contributed by atoms with E-state index in [0.29, 0.717) is 0 Å². The summed E-state index contributed by atoms with van der Waals surface area (Å²) in [6.45, 7) is 2.78. The summed E-state index contributed by atoms with van der Waals surface area (Å²) >= 11 is 0. The number of allylic oxidation sites excluding steroid dienone is 4. The van der Waals surface area contributed by atoms with Gasteiger partial charge in [0.25, 0.3) is 0 Å². The number of hydrogen-bond donors (Lipinski definition) is 1. The van der Waals surface area contributed by atoms with Crippen molar-refractivity contribution in [1.29, 1.82) is 0 Å². The van der Waals surface area contributed by atoms with E-state index in [9.17, 15) is 4.39 Å². The molecular formula is C7H9FO. The Morgan fingerprint density at radius 2 is 2.33 bits per heavy atom. The van der Waals surface area contributed by atoms with Crippen molar-refractivity contribution in [3.05, 3.63) is 36.6 Å². The number of alkyl halides is 1. The van der Waals surface area contributed by atoms with Gasteiger partial charge in [0.05, 0.1) is 0 Å². The summed E-state index contributed by atoms with van der Waals surface area (Å²) in [6.07, 6.45) is 5.37. The monoisotopic (exact) mass is 128 g/mol. The highest BCUT2D eigenvalue weighted by Gasteiger charge is 1.75. The Kier molecular flexibility index (Phi) is 4.50. The second-order valence-corrected chi connectivity index (χ2v) is 1.38. The Labute approximate surface area is 53.8 Å². The molecule has 0 aromatic carbocycles. The summed E-state index contributed by atoms with van der Waals surface area (Å²) < 4.78 is 11.3. The Morgan fingerprint density at radius 1 is 1.67 bits per heavy atom. The average Bonchev–Trinajstić information content (AvgIpc) is 1.89. The number of aliphatic hydroxyl groups is 1. The van der Waals surface area contributed by atoms with Crippen molar-refractivity contribution < 1.29 is 9.50 Å². The fraction of sp³-hybridized carbons (Fsp3) is 0.143. The second kappa shape index (κ2) is 5.09. The van der Waals surface area contributed by atoms with E-state index in [2.05, 4.69) is 6.58 Å². The second-order valence-electron chi connectivity index (χ2n) is 1.38. The molecule has 0 rings (SSSR count). The van der Waals surface area contributed by atoms with Gasteiger partial charge in [-0.05, 0) is 12.2 Å². The Morgan fingerprint density at radius 3 is 2.78 bits per heavy atom. The minimum Gasteiger partial charge on any atom is -0.508 e. The van der Waals surface area contributed by atoms with Crippen LogP contribution in [0.15, 0.2) is 36.6 Å². The number of rotatable bonds is 3. The van der Waals surface area contributed by atoms with Crippen LogP contribution in [0, 0.1) is 0 Å². The van der Waals surface area contributed by atoms with Gasteiger partial charge in [-0.2, -0.15) is 0 Å². The fourth-order valence-electron chi connectivity index (χ4n) is 0.286.